The first-order chi connectivity index (χ1) is 12.2. The molecule has 2 atom stereocenters. The minimum absolute atomic E-state index is 0.0732. The van der Waals surface area contributed by atoms with Gasteiger partial charge in [-0.1, -0.05) is 6.07 Å². The highest BCUT2D eigenvalue weighted by molar-refractivity contribution is 5.94. The lowest BCUT2D eigenvalue weighted by molar-refractivity contribution is -0.140. The Morgan fingerprint density at radius 3 is 2.84 bits per heavy atom. The minimum atomic E-state index is -0.107. The van der Waals surface area contributed by atoms with Crippen molar-refractivity contribution >= 4 is 11.8 Å². The zero-order valence-electron chi connectivity index (χ0n) is 13.8. The predicted octanol–water partition coefficient (Wildman–Crippen LogP) is 0.992. The quantitative estimate of drug-likeness (QED) is 0.834. The van der Waals surface area contributed by atoms with Crippen LogP contribution in [0.2, 0.25) is 0 Å². The summed E-state index contributed by atoms with van der Waals surface area (Å²) in [5.41, 5.74) is 1.55. The molecule has 2 aromatic rings. The first kappa shape index (κ1) is 15.7. The van der Waals surface area contributed by atoms with Crippen molar-refractivity contribution in [1.29, 1.82) is 0 Å². The number of piperidine rings is 1. The zero-order valence-corrected chi connectivity index (χ0v) is 13.8. The Kier molecular flexibility index (Phi) is 4.13. The highest BCUT2D eigenvalue weighted by Crippen LogP contribution is 2.33. The van der Waals surface area contributed by atoms with Gasteiger partial charge in [-0.25, -0.2) is 0 Å². The van der Waals surface area contributed by atoms with Crippen molar-refractivity contribution in [2.45, 2.75) is 13.0 Å². The van der Waals surface area contributed by atoms with Crippen molar-refractivity contribution in [3.8, 4) is 0 Å². The molecule has 2 amide bonds. The molecule has 0 spiro atoms. The molecule has 2 fully saturated rings. The number of fused-ring (bicyclic) bond motifs is 1. The lowest BCUT2D eigenvalue weighted by Crippen LogP contribution is -2.44. The highest BCUT2D eigenvalue weighted by Gasteiger charge is 2.44. The van der Waals surface area contributed by atoms with Gasteiger partial charge in [0.25, 0.3) is 5.91 Å². The second-order valence-corrected chi connectivity index (χ2v) is 6.62. The number of rotatable bonds is 3. The zero-order chi connectivity index (χ0) is 17.2. The second kappa shape index (κ2) is 6.58. The van der Waals surface area contributed by atoms with E-state index in [1.165, 1.54) is 12.4 Å². The van der Waals surface area contributed by atoms with Gasteiger partial charge < -0.3 is 9.80 Å². The van der Waals surface area contributed by atoms with Crippen LogP contribution in [0, 0.1) is 11.8 Å². The maximum absolute atomic E-state index is 12.9. The maximum atomic E-state index is 12.9. The average molecular weight is 337 g/mol. The summed E-state index contributed by atoms with van der Waals surface area (Å²) in [6, 6.07) is 5.52. The van der Waals surface area contributed by atoms with Crippen molar-refractivity contribution in [1.82, 2.24) is 25.0 Å². The predicted molar refractivity (Wildman–Crippen MR) is 89.2 cm³/mol. The highest BCUT2D eigenvalue weighted by atomic mass is 16.2. The Balaban J connectivity index is 1.44. The van der Waals surface area contributed by atoms with Crippen LogP contribution in [0.15, 0.2) is 43.0 Å². The van der Waals surface area contributed by atoms with Gasteiger partial charge >= 0.3 is 0 Å². The number of carbonyl (C=O) groups is 2. The van der Waals surface area contributed by atoms with Crippen LogP contribution in [0.25, 0.3) is 0 Å². The van der Waals surface area contributed by atoms with Crippen LogP contribution in [-0.2, 0) is 11.3 Å². The largest absolute Gasteiger partial charge is 0.338 e. The van der Waals surface area contributed by atoms with Crippen molar-refractivity contribution in [3.05, 3.63) is 54.1 Å². The molecule has 4 rings (SSSR count). The summed E-state index contributed by atoms with van der Waals surface area (Å²) in [5.74, 6) is 0.208. The molecule has 0 bridgehead atoms. The van der Waals surface area contributed by atoms with Gasteiger partial charge in [0.1, 0.15) is 0 Å². The number of hydrogen-bond donors (Lipinski definition) is 0. The van der Waals surface area contributed by atoms with Crippen LogP contribution in [0.4, 0.5) is 0 Å². The molecule has 0 aliphatic carbocycles. The topological polar surface area (TPSA) is 79.3 Å². The number of carbonyl (C=O) groups excluding carboxylic acids is 2. The normalized spacial score (nSPS) is 22.8. The summed E-state index contributed by atoms with van der Waals surface area (Å²) in [5, 5.41) is 7.47. The fraction of sp³-hybridized carbons (Fsp3) is 0.389. The minimum Gasteiger partial charge on any atom is -0.338 e. The lowest BCUT2D eigenvalue weighted by atomic mass is 9.88. The summed E-state index contributed by atoms with van der Waals surface area (Å²) < 4.78 is 0. The van der Waals surface area contributed by atoms with Gasteiger partial charge in [0.05, 0.1) is 23.9 Å². The summed E-state index contributed by atoms with van der Waals surface area (Å²) in [6.45, 7) is 2.43. The van der Waals surface area contributed by atoms with E-state index in [0.717, 1.165) is 18.5 Å². The molecule has 25 heavy (non-hydrogen) atoms. The fourth-order valence-corrected chi connectivity index (χ4v) is 3.74. The third kappa shape index (κ3) is 3.09. The Labute approximate surface area is 145 Å². The molecule has 0 saturated carbocycles. The van der Waals surface area contributed by atoms with E-state index in [9.17, 15) is 9.59 Å². The van der Waals surface area contributed by atoms with Gasteiger partial charge in [0.2, 0.25) is 5.91 Å². The molecule has 0 unspecified atom stereocenters. The smallest absolute Gasteiger partial charge is 0.255 e. The number of nitrogens with zero attached hydrogens (tertiary/aromatic N) is 5. The van der Waals surface area contributed by atoms with E-state index >= 15 is 0 Å². The summed E-state index contributed by atoms with van der Waals surface area (Å²) in [4.78, 5) is 33.2. The summed E-state index contributed by atoms with van der Waals surface area (Å²) >= 11 is 0. The SMILES string of the molecule is O=C(c1ccnnc1)N1C[C@H]2CCN(Cc3cccnc3)C(=O)[C@H]2C1. The van der Waals surface area contributed by atoms with Crippen molar-refractivity contribution in [3.63, 3.8) is 0 Å². The van der Waals surface area contributed by atoms with Crippen molar-refractivity contribution in [2.75, 3.05) is 19.6 Å². The second-order valence-electron chi connectivity index (χ2n) is 6.62. The van der Waals surface area contributed by atoms with Crippen LogP contribution in [0.5, 0.6) is 0 Å². The molecule has 2 aliphatic rings. The van der Waals surface area contributed by atoms with Crippen LogP contribution < -0.4 is 0 Å². The molecule has 2 aliphatic heterocycles. The molecule has 4 heterocycles. The molecule has 2 saturated heterocycles. The van der Waals surface area contributed by atoms with Gasteiger partial charge in [-0.2, -0.15) is 10.2 Å². The van der Waals surface area contributed by atoms with Gasteiger partial charge in [0, 0.05) is 38.6 Å². The fourth-order valence-electron chi connectivity index (χ4n) is 3.74. The van der Waals surface area contributed by atoms with E-state index in [1.54, 1.807) is 23.4 Å². The Bertz CT molecular complexity index is 768. The number of pyridine rings is 1. The molecule has 7 heteroatoms. The van der Waals surface area contributed by atoms with Gasteiger partial charge in [-0.05, 0) is 30.0 Å². The molecule has 7 nitrogen and oxygen atoms in total. The molecular formula is C18H19N5O2. The molecule has 0 aromatic carbocycles. The van der Waals surface area contributed by atoms with E-state index in [2.05, 4.69) is 15.2 Å². The standard InChI is InChI=1S/C18H19N5O2/c24-17(14-3-6-20-21-9-14)23-11-15-4-7-22(18(25)16(15)12-23)10-13-2-1-5-19-8-13/h1-3,5-6,8-9,15-16H,4,7,10-12H2/t15-,16+/m1/s1. The Morgan fingerprint density at radius 1 is 1.16 bits per heavy atom. The van der Waals surface area contributed by atoms with Crippen LogP contribution >= 0.6 is 0 Å². The molecule has 2 aromatic heterocycles. The van der Waals surface area contributed by atoms with Gasteiger partial charge in [-0.15, -0.1) is 0 Å². The van der Waals surface area contributed by atoms with E-state index in [-0.39, 0.29) is 23.7 Å². The monoisotopic (exact) mass is 337 g/mol. The van der Waals surface area contributed by atoms with E-state index in [1.807, 2.05) is 17.0 Å². The Hall–Kier alpha value is -2.83. The first-order valence-corrected chi connectivity index (χ1v) is 8.46. The van der Waals surface area contributed by atoms with Gasteiger partial charge in [-0.3, -0.25) is 14.6 Å². The summed E-state index contributed by atoms with van der Waals surface area (Å²) in [7, 11) is 0. The number of aromatic nitrogens is 3. The van der Waals surface area contributed by atoms with E-state index in [4.69, 9.17) is 0 Å². The summed E-state index contributed by atoms with van der Waals surface area (Å²) in [6.07, 6.45) is 7.43. The first-order valence-electron chi connectivity index (χ1n) is 8.46. The molecule has 0 N–H and O–H groups in total. The molecular weight excluding hydrogens is 318 g/mol. The third-order valence-electron chi connectivity index (χ3n) is 5.05. The van der Waals surface area contributed by atoms with Crippen molar-refractivity contribution in [2.24, 2.45) is 11.8 Å². The van der Waals surface area contributed by atoms with E-state index in [0.29, 0.717) is 25.2 Å². The lowest BCUT2D eigenvalue weighted by Gasteiger charge is -2.33. The average Bonchev–Trinajstić information content (AvgIpc) is 3.10. The maximum Gasteiger partial charge on any atom is 0.255 e. The molecule has 0 radical (unpaired) electrons. The number of hydrogen-bond acceptors (Lipinski definition) is 5. The van der Waals surface area contributed by atoms with Gasteiger partial charge in [0.15, 0.2) is 0 Å². The van der Waals surface area contributed by atoms with Crippen LogP contribution in [0.3, 0.4) is 0 Å². The number of likely N-dealkylation sites (tertiary alicyclic amines) is 2. The Morgan fingerprint density at radius 2 is 2.08 bits per heavy atom. The third-order valence-corrected chi connectivity index (χ3v) is 5.05. The van der Waals surface area contributed by atoms with Crippen molar-refractivity contribution < 1.29 is 9.59 Å². The van der Waals surface area contributed by atoms with E-state index < -0.39 is 0 Å². The van der Waals surface area contributed by atoms with Crippen LogP contribution in [-0.4, -0.2) is 56.4 Å². The number of amides is 2. The molecule has 128 valence electrons. The van der Waals surface area contributed by atoms with Crippen LogP contribution in [0.1, 0.15) is 22.3 Å².